The standard InChI is InChI=1S/C16H12O4/c17-15(18)14(16(19)20)13-11-7-3-1-5-9(11)10-6-2-4-8-12(10)13/h1-8,13-14H,(H,17,18)(H,19,20). The van der Waals surface area contributed by atoms with Gasteiger partial charge in [0.1, 0.15) is 0 Å². The first-order valence-electron chi connectivity index (χ1n) is 6.25. The van der Waals surface area contributed by atoms with Gasteiger partial charge in [0.2, 0.25) is 0 Å². The maximum absolute atomic E-state index is 11.4. The molecule has 0 spiro atoms. The lowest BCUT2D eigenvalue weighted by atomic mass is 9.84. The summed E-state index contributed by atoms with van der Waals surface area (Å²) in [6, 6.07) is 14.8. The van der Waals surface area contributed by atoms with Crippen molar-refractivity contribution in [1.82, 2.24) is 0 Å². The molecular formula is C16H12O4. The van der Waals surface area contributed by atoms with Crippen molar-refractivity contribution in [3.8, 4) is 11.1 Å². The van der Waals surface area contributed by atoms with E-state index in [-0.39, 0.29) is 0 Å². The maximum Gasteiger partial charge on any atom is 0.318 e. The third-order valence-electron chi connectivity index (χ3n) is 3.75. The van der Waals surface area contributed by atoms with Gasteiger partial charge in [-0.05, 0) is 22.3 Å². The highest BCUT2D eigenvalue weighted by atomic mass is 16.4. The van der Waals surface area contributed by atoms with Crippen molar-refractivity contribution >= 4 is 11.9 Å². The Kier molecular flexibility index (Phi) is 2.79. The van der Waals surface area contributed by atoms with Crippen molar-refractivity contribution in [2.75, 3.05) is 0 Å². The van der Waals surface area contributed by atoms with Crippen LogP contribution in [0.3, 0.4) is 0 Å². The van der Waals surface area contributed by atoms with Crippen LogP contribution in [0, 0.1) is 5.92 Å². The first-order valence-corrected chi connectivity index (χ1v) is 6.25. The fourth-order valence-electron chi connectivity index (χ4n) is 2.94. The van der Waals surface area contributed by atoms with Gasteiger partial charge in [-0.2, -0.15) is 0 Å². The molecule has 3 rings (SSSR count). The summed E-state index contributed by atoms with van der Waals surface area (Å²) in [7, 11) is 0. The van der Waals surface area contributed by atoms with E-state index < -0.39 is 23.8 Å². The molecule has 0 aliphatic heterocycles. The van der Waals surface area contributed by atoms with Gasteiger partial charge >= 0.3 is 11.9 Å². The predicted octanol–water partition coefficient (Wildman–Crippen LogP) is 2.58. The van der Waals surface area contributed by atoms with Crippen LogP contribution in [0.5, 0.6) is 0 Å². The van der Waals surface area contributed by atoms with Crippen LogP contribution in [0.25, 0.3) is 11.1 Å². The molecule has 1 aliphatic rings. The smallest absolute Gasteiger partial charge is 0.318 e. The third kappa shape index (κ3) is 1.69. The molecule has 0 atom stereocenters. The molecule has 100 valence electrons. The number of rotatable bonds is 3. The minimum Gasteiger partial charge on any atom is -0.481 e. The molecule has 0 saturated carbocycles. The Morgan fingerprint density at radius 3 is 1.60 bits per heavy atom. The molecule has 20 heavy (non-hydrogen) atoms. The van der Waals surface area contributed by atoms with Crippen molar-refractivity contribution in [1.29, 1.82) is 0 Å². The highest BCUT2D eigenvalue weighted by Crippen LogP contribution is 2.48. The molecule has 0 fully saturated rings. The quantitative estimate of drug-likeness (QED) is 0.839. The van der Waals surface area contributed by atoms with Crippen LogP contribution in [0.2, 0.25) is 0 Å². The highest BCUT2D eigenvalue weighted by molar-refractivity contribution is 5.97. The number of hydrogen-bond acceptors (Lipinski definition) is 2. The topological polar surface area (TPSA) is 74.6 Å². The molecule has 0 heterocycles. The Balaban J connectivity index is 2.25. The van der Waals surface area contributed by atoms with Crippen LogP contribution in [-0.4, -0.2) is 22.2 Å². The average molecular weight is 268 g/mol. The summed E-state index contributed by atoms with van der Waals surface area (Å²) in [5.41, 5.74) is 3.37. The summed E-state index contributed by atoms with van der Waals surface area (Å²) >= 11 is 0. The Morgan fingerprint density at radius 1 is 0.800 bits per heavy atom. The second-order valence-electron chi connectivity index (χ2n) is 4.81. The van der Waals surface area contributed by atoms with E-state index >= 15 is 0 Å². The van der Waals surface area contributed by atoms with Crippen molar-refractivity contribution < 1.29 is 19.8 Å². The lowest BCUT2D eigenvalue weighted by molar-refractivity contribution is -0.155. The second-order valence-corrected chi connectivity index (χ2v) is 4.81. The third-order valence-corrected chi connectivity index (χ3v) is 3.75. The maximum atomic E-state index is 11.4. The molecule has 4 heteroatoms. The Bertz CT molecular complexity index is 646. The summed E-state index contributed by atoms with van der Waals surface area (Å²) in [4.78, 5) is 22.7. The van der Waals surface area contributed by atoms with Crippen LogP contribution in [0.4, 0.5) is 0 Å². The molecule has 0 aromatic heterocycles. The number of hydrogen-bond donors (Lipinski definition) is 2. The van der Waals surface area contributed by atoms with E-state index in [0.717, 1.165) is 22.3 Å². The van der Waals surface area contributed by atoms with Crippen LogP contribution >= 0.6 is 0 Å². The van der Waals surface area contributed by atoms with E-state index in [4.69, 9.17) is 0 Å². The number of benzene rings is 2. The van der Waals surface area contributed by atoms with Gasteiger partial charge in [0.05, 0.1) is 0 Å². The van der Waals surface area contributed by atoms with Gasteiger partial charge in [0.25, 0.3) is 0 Å². The molecule has 2 aromatic carbocycles. The first kappa shape index (κ1) is 12.4. The van der Waals surface area contributed by atoms with Crippen molar-refractivity contribution in [2.24, 2.45) is 5.92 Å². The molecule has 4 nitrogen and oxygen atoms in total. The van der Waals surface area contributed by atoms with Gasteiger partial charge in [-0.25, -0.2) is 0 Å². The number of carbonyl (C=O) groups is 2. The number of aliphatic carboxylic acids is 2. The molecule has 0 radical (unpaired) electrons. The van der Waals surface area contributed by atoms with Crippen LogP contribution in [0.1, 0.15) is 17.0 Å². The van der Waals surface area contributed by atoms with E-state index in [1.807, 2.05) is 24.3 Å². The summed E-state index contributed by atoms with van der Waals surface area (Å²) in [5.74, 6) is -4.74. The zero-order chi connectivity index (χ0) is 14.3. The Labute approximate surface area is 115 Å². The molecule has 0 unspecified atom stereocenters. The molecule has 0 saturated heterocycles. The summed E-state index contributed by atoms with van der Waals surface area (Å²) in [6.45, 7) is 0. The SMILES string of the molecule is O=C(O)C(C(=O)O)C1c2ccccc2-c2ccccc21. The van der Waals surface area contributed by atoms with Crippen molar-refractivity contribution in [3.63, 3.8) is 0 Å². The van der Waals surface area contributed by atoms with E-state index in [1.54, 1.807) is 24.3 Å². The second kappa shape index (κ2) is 4.49. The zero-order valence-corrected chi connectivity index (χ0v) is 10.5. The van der Waals surface area contributed by atoms with Crippen molar-refractivity contribution in [3.05, 3.63) is 59.7 Å². The van der Waals surface area contributed by atoms with Gasteiger partial charge in [-0.1, -0.05) is 48.5 Å². The van der Waals surface area contributed by atoms with E-state index in [9.17, 15) is 19.8 Å². The minimum absolute atomic E-state index is 0.641. The monoisotopic (exact) mass is 268 g/mol. The van der Waals surface area contributed by atoms with Gasteiger partial charge in [-0.15, -0.1) is 0 Å². The minimum atomic E-state index is -1.47. The predicted molar refractivity (Wildman–Crippen MR) is 72.5 cm³/mol. The number of carboxylic acid groups (broad SMARTS) is 2. The van der Waals surface area contributed by atoms with E-state index in [2.05, 4.69) is 0 Å². The Morgan fingerprint density at radius 2 is 1.20 bits per heavy atom. The number of carboxylic acids is 2. The summed E-state index contributed by atoms with van der Waals surface area (Å²) < 4.78 is 0. The molecular weight excluding hydrogens is 256 g/mol. The van der Waals surface area contributed by atoms with Crippen LogP contribution in [-0.2, 0) is 9.59 Å². The first-order chi connectivity index (χ1) is 9.61. The van der Waals surface area contributed by atoms with E-state index in [1.165, 1.54) is 0 Å². The molecule has 0 bridgehead atoms. The van der Waals surface area contributed by atoms with Crippen LogP contribution < -0.4 is 0 Å². The normalized spacial score (nSPS) is 13.1. The Hall–Kier alpha value is -2.62. The molecule has 0 amide bonds. The van der Waals surface area contributed by atoms with Gasteiger partial charge in [-0.3, -0.25) is 9.59 Å². The summed E-state index contributed by atoms with van der Waals surface area (Å²) in [6.07, 6.45) is 0. The number of fused-ring (bicyclic) bond motifs is 3. The zero-order valence-electron chi connectivity index (χ0n) is 10.5. The highest BCUT2D eigenvalue weighted by Gasteiger charge is 2.42. The molecule has 2 N–H and O–H groups in total. The van der Waals surface area contributed by atoms with Gasteiger partial charge < -0.3 is 10.2 Å². The lowest BCUT2D eigenvalue weighted by Crippen LogP contribution is -2.29. The van der Waals surface area contributed by atoms with Crippen molar-refractivity contribution in [2.45, 2.75) is 5.92 Å². The summed E-state index contributed by atoms with van der Waals surface area (Å²) in [5, 5.41) is 18.5. The average Bonchev–Trinajstić information content (AvgIpc) is 2.74. The fraction of sp³-hybridized carbons (Fsp3) is 0.125. The lowest BCUT2D eigenvalue weighted by Gasteiger charge is -2.18. The van der Waals surface area contributed by atoms with E-state index in [0.29, 0.717) is 0 Å². The fourth-order valence-corrected chi connectivity index (χ4v) is 2.94. The largest absolute Gasteiger partial charge is 0.481 e. The molecule has 2 aromatic rings. The van der Waals surface area contributed by atoms with Gasteiger partial charge in [0.15, 0.2) is 5.92 Å². The van der Waals surface area contributed by atoms with Crippen LogP contribution in [0.15, 0.2) is 48.5 Å². The molecule has 1 aliphatic carbocycles. The van der Waals surface area contributed by atoms with Gasteiger partial charge in [0, 0.05) is 5.92 Å².